The Morgan fingerprint density at radius 2 is 1.41 bits per heavy atom. The van der Waals surface area contributed by atoms with Gasteiger partial charge < -0.3 is 35.2 Å². The number of ether oxygens (including phenoxy) is 2. The van der Waals surface area contributed by atoms with E-state index in [0.29, 0.717) is 31.4 Å². The highest BCUT2D eigenvalue weighted by molar-refractivity contribution is 7.89. The lowest BCUT2D eigenvalue weighted by Gasteiger charge is -2.41. The van der Waals surface area contributed by atoms with Gasteiger partial charge in [-0.15, -0.1) is 0 Å². The first kappa shape index (κ1) is 60.2. The summed E-state index contributed by atoms with van der Waals surface area (Å²) in [5.74, 6) is -6.66. The molecule has 0 radical (unpaired) electrons. The van der Waals surface area contributed by atoms with Gasteiger partial charge in [-0.1, -0.05) is 109 Å². The Labute approximate surface area is 417 Å². The van der Waals surface area contributed by atoms with E-state index in [1.807, 2.05) is 65.3 Å². The number of methoxy groups -OCH3 is 2. The van der Waals surface area contributed by atoms with Crippen molar-refractivity contribution < 1.29 is 59.8 Å². The van der Waals surface area contributed by atoms with E-state index in [4.69, 9.17) is 9.47 Å². The van der Waals surface area contributed by atoms with Gasteiger partial charge in [-0.05, 0) is 61.4 Å². The van der Waals surface area contributed by atoms with Crippen LogP contribution in [0.15, 0.2) is 54.6 Å². The summed E-state index contributed by atoms with van der Waals surface area (Å²) in [4.78, 5) is 86.5. The maximum Gasteiger partial charge on any atom is 0.471 e. The summed E-state index contributed by atoms with van der Waals surface area (Å²) in [5.41, 5.74) is 1.09. The van der Waals surface area contributed by atoms with Crippen LogP contribution in [0.4, 0.5) is 13.2 Å². The van der Waals surface area contributed by atoms with Crippen LogP contribution in [0.5, 0.6) is 0 Å². The van der Waals surface area contributed by atoms with Crippen LogP contribution in [0.3, 0.4) is 0 Å². The van der Waals surface area contributed by atoms with Crippen molar-refractivity contribution in [2.75, 3.05) is 41.9 Å². The van der Waals surface area contributed by atoms with Crippen LogP contribution in [0.25, 0.3) is 0 Å². The fourth-order valence-electron chi connectivity index (χ4n) is 9.29. The van der Waals surface area contributed by atoms with Crippen molar-refractivity contribution in [3.63, 3.8) is 0 Å². The highest BCUT2D eigenvalue weighted by atomic mass is 32.2. The number of nitrogens with one attached hydrogen (secondary N) is 4. The Balaban J connectivity index is 1.80. The van der Waals surface area contributed by atoms with Crippen LogP contribution in [0.1, 0.15) is 90.8 Å². The van der Waals surface area contributed by atoms with Gasteiger partial charge in [0.2, 0.25) is 33.7 Å². The molecule has 71 heavy (non-hydrogen) atoms. The van der Waals surface area contributed by atoms with E-state index >= 15 is 0 Å². The quantitative estimate of drug-likeness (QED) is 0.105. The summed E-state index contributed by atoms with van der Waals surface area (Å²) in [6.07, 6.45) is -5.13. The highest BCUT2D eigenvalue weighted by Gasteiger charge is 2.44. The molecule has 9 atom stereocenters. The Hall–Kier alpha value is -5.12. The minimum Gasteiger partial charge on any atom is -0.379 e. The van der Waals surface area contributed by atoms with Crippen molar-refractivity contribution in [3.05, 3.63) is 71.3 Å². The second-order valence-corrected chi connectivity index (χ2v) is 21.2. The molecule has 2 aromatic rings. The molecule has 1 fully saturated rings. The number of carbonyl (C=O) groups excluding carboxylic acids is 6. The van der Waals surface area contributed by atoms with Gasteiger partial charge in [-0.25, -0.2) is 8.42 Å². The first-order valence-corrected chi connectivity index (χ1v) is 25.7. The smallest absolute Gasteiger partial charge is 0.379 e. The standard InChI is InChI=1S/C50H76F3N7O10S/c1-13-32(6)43(59(10)48(65)41(30(2)3)56-47(64)42(31(4)5)58(8)9)39(69-11)27-40(61)60-25-17-20-38(60)44(70-12)33(7)45(62)55-37(26-34-18-15-14-16-19-34)46(63)57-71(67,68)29-36-23-21-35(22-24-36)28-54-49(66)50(51,52)53/h14-16,18-19,21-24,30-33,37-39,41-44H,13,17,20,25-29H2,1-12H3,(H,54,66)(H,55,62)(H,56,64)(H,57,63)/t32-,33+,37-,38-,39-,41-,42-,43-,44+/m0/s1. The Morgan fingerprint density at radius 1 is 0.803 bits per heavy atom. The Morgan fingerprint density at radius 3 is 1.93 bits per heavy atom. The van der Waals surface area contributed by atoms with E-state index in [2.05, 4.69) is 10.6 Å². The molecule has 1 aliphatic heterocycles. The van der Waals surface area contributed by atoms with Crippen LogP contribution >= 0.6 is 0 Å². The number of benzene rings is 2. The number of hydrogen-bond acceptors (Lipinski definition) is 11. The van der Waals surface area contributed by atoms with Crippen molar-refractivity contribution in [3.8, 4) is 0 Å². The van der Waals surface area contributed by atoms with Crippen molar-refractivity contribution in [1.82, 2.24) is 35.4 Å². The zero-order valence-electron chi connectivity index (χ0n) is 43.2. The number of amides is 6. The molecule has 4 N–H and O–H groups in total. The number of nitrogens with zero attached hydrogens (tertiary/aromatic N) is 3. The molecule has 0 saturated carbocycles. The van der Waals surface area contributed by atoms with Crippen LogP contribution in [-0.4, -0.2) is 149 Å². The molecule has 1 aliphatic rings. The predicted octanol–water partition coefficient (Wildman–Crippen LogP) is 4.19. The second kappa shape index (κ2) is 27.1. The summed E-state index contributed by atoms with van der Waals surface area (Å²) < 4.78 is 78.4. The first-order valence-electron chi connectivity index (χ1n) is 24.1. The van der Waals surface area contributed by atoms with Crippen molar-refractivity contribution >= 4 is 45.5 Å². The predicted molar refractivity (Wildman–Crippen MR) is 262 cm³/mol. The third kappa shape index (κ3) is 17.3. The molecule has 0 aliphatic carbocycles. The summed E-state index contributed by atoms with van der Waals surface area (Å²) in [6.45, 7) is 13.1. The number of hydrogen-bond donors (Lipinski definition) is 4. The zero-order chi connectivity index (χ0) is 53.5. The van der Waals surface area contributed by atoms with Gasteiger partial charge in [-0.2, -0.15) is 13.2 Å². The average Bonchev–Trinajstić information content (AvgIpc) is 3.78. The van der Waals surface area contributed by atoms with Crippen molar-refractivity contribution in [1.29, 1.82) is 0 Å². The molecule has 0 bridgehead atoms. The average molecular weight is 1020 g/mol. The SMILES string of the molecule is CC[C@H](C)[C@@H]([C@H](CC(=O)N1CCC[C@H]1[C@H](OC)[C@@H](C)C(=O)N[C@@H](Cc1ccccc1)C(=O)NS(=O)(=O)Cc1ccc(CNC(=O)C(F)(F)F)cc1)OC)N(C)C(=O)[C@@H](NC(=O)[C@H](C(C)C)N(C)C)C(C)C. The van der Waals surface area contributed by atoms with Gasteiger partial charge in [-0.3, -0.25) is 38.4 Å². The maximum absolute atomic E-state index is 14.4. The van der Waals surface area contributed by atoms with Crippen LogP contribution < -0.4 is 20.7 Å². The van der Waals surface area contributed by atoms with Crippen LogP contribution in [0, 0.1) is 23.7 Å². The maximum atomic E-state index is 14.4. The first-order chi connectivity index (χ1) is 33.2. The molecule has 0 aromatic heterocycles. The lowest BCUT2D eigenvalue weighted by Crippen LogP contribution is -2.59. The topological polar surface area (TPSA) is 213 Å². The molecule has 6 amide bonds. The van der Waals surface area contributed by atoms with E-state index in [9.17, 15) is 50.4 Å². The van der Waals surface area contributed by atoms with Gasteiger partial charge in [0.05, 0.1) is 48.4 Å². The molecule has 21 heteroatoms. The second-order valence-electron chi connectivity index (χ2n) is 19.4. The lowest BCUT2D eigenvalue weighted by atomic mass is 9.89. The highest BCUT2D eigenvalue weighted by Crippen LogP contribution is 2.30. The van der Waals surface area contributed by atoms with Gasteiger partial charge in [0.25, 0.3) is 5.91 Å². The van der Waals surface area contributed by atoms with E-state index in [1.54, 1.807) is 59.4 Å². The number of likely N-dealkylation sites (N-methyl/N-ethyl adjacent to an activating group) is 2. The van der Waals surface area contributed by atoms with Crippen LogP contribution in [-0.2, 0) is 67.0 Å². The number of alkyl halides is 3. The summed E-state index contributed by atoms with van der Waals surface area (Å²) in [7, 11) is 3.83. The Kier molecular flexibility index (Phi) is 23.0. The minimum absolute atomic E-state index is 0.0134. The molecule has 17 nitrogen and oxygen atoms in total. The Bertz CT molecular complexity index is 2190. The van der Waals surface area contributed by atoms with Crippen LogP contribution in [0.2, 0.25) is 0 Å². The molecule has 1 heterocycles. The molecule has 3 rings (SSSR count). The molecule has 398 valence electrons. The minimum atomic E-state index is -5.06. The van der Waals surface area contributed by atoms with Crippen molar-refractivity contribution in [2.45, 2.75) is 141 Å². The third-order valence-electron chi connectivity index (χ3n) is 13.2. The van der Waals surface area contributed by atoms with Crippen molar-refractivity contribution in [2.24, 2.45) is 23.7 Å². The van der Waals surface area contributed by atoms with Gasteiger partial charge in [0, 0.05) is 40.8 Å². The monoisotopic (exact) mass is 1020 g/mol. The van der Waals surface area contributed by atoms with Gasteiger partial charge >= 0.3 is 12.1 Å². The number of likely N-dealkylation sites (tertiary alicyclic amines) is 1. The molecule has 0 unspecified atom stereocenters. The summed E-state index contributed by atoms with van der Waals surface area (Å²) >= 11 is 0. The van der Waals surface area contributed by atoms with Gasteiger partial charge in [0.1, 0.15) is 12.1 Å². The molecular weight excluding hydrogens is 948 g/mol. The van der Waals surface area contributed by atoms with E-state index in [-0.39, 0.29) is 59.4 Å². The fraction of sp³-hybridized carbons (Fsp3) is 0.640. The number of rotatable bonds is 26. The fourth-order valence-corrected chi connectivity index (χ4v) is 10.4. The summed E-state index contributed by atoms with van der Waals surface area (Å²) in [6, 6.07) is 10.2. The number of halogens is 3. The summed E-state index contributed by atoms with van der Waals surface area (Å²) in [5, 5.41) is 7.46. The number of carbonyl (C=O) groups is 6. The van der Waals surface area contributed by atoms with E-state index < -0.39 is 94.6 Å². The third-order valence-corrected chi connectivity index (χ3v) is 14.4. The molecule has 2 aromatic carbocycles. The molecule has 1 saturated heterocycles. The zero-order valence-corrected chi connectivity index (χ0v) is 44.0. The number of sulfonamides is 1. The molecule has 0 spiro atoms. The van der Waals surface area contributed by atoms with E-state index in [1.165, 1.54) is 38.5 Å². The van der Waals surface area contributed by atoms with E-state index in [0.717, 1.165) is 0 Å². The normalized spacial score (nSPS) is 17.7. The lowest BCUT2D eigenvalue weighted by molar-refractivity contribution is -0.173. The largest absolute Gasteiger partial charge is 0.471 e. The molecular formula is C50H76F3N7O10S. The van der Waals surface area contributed by atoms with Gasteiger partial charge in [0.15, 0.2) is 0 Å².